The second-order valence-electron chi connectivity index (χ2n) is 7.11. The standard InChI is InChI=1S/C19H32N6/c1-15(2)7-10-25(5)18-12-16(6-8-21-18)19-17(13-22-23-19)14-24(4)11-9-20-3/h6,8,12-13,15,20H,7,9-11,14H2,1-5H3,(H,22,23). The normalized spacial score (nSPS) is 11.5. The van der Waals surface area contributed by atoms with Crippen LogP contribution in [0.15, 0.2) is 24.5 Å². The van der Waals surface area contributed by atoms with Crippen molar-refractivity contribution in [3.63, 3.8) is 0 Å². The lowest BCUT2D eigenvalue weighted by Gasteiger charge is -2.20. The van der Waals surface area contributed by atoms with Gasteiger partial charge in [0.05, 0.1) is 5.69 Å². The van der Waals surface area contributed by atoms with Crippen LogP contribution in [-0.4, -0.2) is 60.9 Å². The second-order valence-corrected chi connectivity index (χ2v) is 7.11. The smallest absolute Gasteiger partial charge is 0.128 e. The molecule has 0 fully saturated rings. The predicted molar refractivity (Wildman–Crippen MR) is 105 cm³/mol. The third kappa shape index (κ3) is 5.83. The highest BCUT2D eigenvalue weighted by atomic mass is 15.2. The zero-order valence-corrected chi connectivity index (χ0v) is 16.2. The number of rotatable bonds is 10. The van der Waals surface area contributed by atoms with E-state index in [-0.39, 0.29) is 0 Å². The van der Waals surface area contributed by atoms with Crippen molar-refractivity contribution in [2.75, 3.05) is 45.7 Å². The number of hydrogen-bond acceptors (Lipinski definition) is 5. The molecule has 6 nitrogen and oxygen atoms in total. The van der Waals surface area contributed by atoms with E-state index < -0.39 is 0 Å². The summed E-state index contributed by atoms with van der Waals surface area (Å²) in [6.45, 7) is 8.35. The molecule has 0 unspecified atom stereocenters. The minimum Gasteiger partial charge on any atom is -0.360 e. The topological polar surface area (TPSA) is 60.1 Å². The Morgan fingerprint density at radius 1 is 1.24 bits per heavy atom. The van der Waals surface area contributed by atoms with Crippen molar-refractivity contribution in [3.05, 3.63) is 30.1 Å². The highest BCUT2D eigenvalue weighted by Gasteiger charge is 2.12. The van der Waals surface area contributed by atoms with E-state index in [4.69, 9.17) is 0 Å². The lowest BCUT2D eigenvalue weighted by molar-refractivity contribution is 0.328. The van der Waals surface area contributed by atoms with Crippen LogP contribution in [0, 0.1) is 5.92 Å². The molecule has 0 saturated heterocycles. The number of hydrogen-bond donors (Lipinski definition) is 2. The van der Waals surface area contributed by atoms with Crippen LogP contribution in [0.4, 0.5) is 5.82 Å². The Labute approximate surface area is 151 Å². The number of nitrogens with zero attached hydrogens (tertiary/aromatic N) is 4. The van der Waals surface area contributed by atoms with Gasteiger partial charge in [-0.2, -0.15) is 5.10 Å². The average molecular weight is 345 g/mol. The van der Waals surface area contributed by atoms with E-state index in [1.165, 1.54) is 5.56 Å². The Morgan fingerprint density at radius 2 is 2.04 bits per heavy atom. The molecule has 0 aliphatic rings. The second kappa shape index (κ2) is 9.53. The van der Waals surface area contributed by atoms with E-state index in [0.717, 1.165) is 49.7 Å². The minimum absolute atomic E-state index is 0.691. The minimum atomic E-state index is 0.691. The number of nitrogens with one attached hydrogen (secondary N) is 2. The molecule has 2 aromatic rings. The maximum atomic E-state index is 4.53. The fraction of sp³-hybridized carbons (Fsp3) is 0.579. The number of likely N-dealkylation sites (N-methyl/N-ethyl adjacent to an activating group) is 2. The van der Waals surface area contributed by atoms with Crippen LogP contribution in [0.3, 0.4) is 0 Å². The summed E-state index contributed by atoms with van der Waals surface area (Å²) in [4.78, 5) is 9.04. The van der Waals surface area contributed by atoms with Crippen molar-refractivity contribution in [1.29, 1.82) is 0 Å². The van der Waals surface area contributed by atoms with Gasteiger partial charge in [0.2, 0.25) is 0 Å². The number of pyridine rings is 1. The summed E-state index contributed by atoms with van der Waals surface area (Å²) in [7, 11) is 6.21. The highest BCUT2D eigenvalue weighted by molar-refractivity contribution is 5.65. The Balaban J connectivity index is 2.12. The van der Waals surface area contributed by atoms with Gasteiger partial charge in [-0.25, -0.2) is 4.98 Å². The summed E-state index contributed by atoms with van der Waals surface area (Å²) >= 11 is 0. The lowest BCUT2D eigenvalue weighted by atomic mass is 10.1. The molecule has 0 aliphatic heterocycles. The van der Waals surface area contributed by atoms with Gasteiger partial charge in [-0.3, -0.25) is 5.10 Å². The molecule has 2 heterocycles. The first-order valence-corrected chi connectivity index (χ1v) is 9.04. The molecule has 138 valence electrons. The lowest BCUT2D eigenvalue weighted by Crippen LogP contribution is -2.27. The van der Waals surface area contributed by atoms with Gasteiger partial charge < -0.3 is 15.1 Å². The molecule has 2 N–H and O–H groups in total. The third-order valence-corrected chi connectivity index (χ3v) is 4.35. The van der Waals surface area contributed by atoms with E-state index in [2.05, 4.69) is 64.3 Å². The van der Waals surface area contributed by atoms with Crippen molar-refractivity contribution in [2.45, 2.75) is 26.8 Å². The van der Waals surface area contributed by atoms with E-state index >= 15 is 0 Å². The molecule has 0 saturated carbocycles. The fourth-order valence-corrected chi connectivity index (χ4v) is 2.70. The van der Waals surface area contributed by atoms with Crippen LogP contribution in [-0.2, 0) is 6.54 Å². The Kier molecular flexibility index (Phi) is 7.40. The van der Waals surface area contributed by atoms with Gasteiger partial charge in [-0.15, -0.1) is 0 Å². The molecule has 0 spiro atoms. The first-order chi connectivity index (χ1) is 12.0. The van der Waals surface area contributed by atoms with Crippen LogP contribution < -0.4 is 10.2 Å². The highest BCUT2D eigenvalue weighted by Crippen LogP contribution is 2.25. The van der Waals surface area contributed by atoms with E-state index in [0.29, 0.717) is 5.92 Å². The summed E-state index contributed by atoms with van der Waals surface area (Å²) in [6.07, 6.45) is 5.03. The zero-order chi connectivity index (χ0) is 18.2. The molecule has 2 rings (SSSR count). The van der Waals surface area contributed by atoms with Crippen LogP contribution in [0.25, 0.3) is 11.3 Å². The maximum absolute atomic E-state index is 4.53. The number of anilines is 1. The van der Waals surface area contributed by atoms with Crippen molar-refractivity contribution in [3.8, 4) is 11.3 Å². The average Bonchev–Trinajstić information content (AvgIpc) is 3.06. The van der Waals surface area contributed by atoms with Crippen LogP contribution in [0.1, 0.15) is 25.8 Å². The molecule has 2 aromatic heterocycles. The summed E-state index contributed by atoms with van der Waals surface area (Å²) in [5.74, 6) is 1.69. The van der Waals surface area contributed by atoms with Gasteiger partial charge in [0.1, 0.15) is 5.82 Å². The molecule has 0 atom stereocenters. The first-order valence-electron chi connectivity index (χ1n) is 9.04. The first kappa shape index (κ1) is 19.4. The molecule has 25 heavy (non-hydrogen) atoms. The van der Waals surface area contributed by atoms with Gasteiger partial charge in [-0.1, -0.05) is 13.8 Å². The predicted octanol–water partition coefficient (Wildman–Crippen LogP) is 2.61. The summed E-state index contributed by atoms with van der Waals surface area (Å²) in [5, 5.41) is 10.7. The van der Waals surface area contributed by atoms with Gasteiger partial charge >= 0.3 is 0 Å². The molecule has 0 amide bonds. The summed E-state index contributed by atoms with van der Waals surface area (Å²) in [5.41, 5.74) is 3.33. The van der Waals surface area contributed by atoms with E-state index in [9.17, 15) is 0 Å². The fourth-order valence-electron chi connectivity index (χ4n) is 2.70. The van der Waals surface area contributed by atoms with Gasteiger partial charge in [0, 0.05) is 56.7 Å². The maximum Gasteiger partial charge on any atom is 0.128 e. The van der Waals surface area contributed by atoms with Gasteiger partial charge in [-0.05, 0) is 38.6 Å². The molecule has 0 radical (unpaired) electrons. The number of H-pyrrole nitrogens is 1. The molecule has 0 aromatic carbocycles. The zero-order valence-electron chi connectivity index (χ0n) is 16.2. The largest absolute Gasteiger partial charge is 0.360 e. The number of aromatic nitrogens is 3. The Morgan fingerprint density at radius 3 is 2.76 bits per heavy atom. The van der Waals surface area contributed by atoms with Crippen molar-refractivity contribution < 1.29 is 0 Å². The van der Waals surface area contributed by atoms with E-state index in [1.807, 2.05) is 25.5 Å². The molecular formula is C19H32N6. The van der Waals surface area contributed by atoms with Crippen molar-refractivity contribution in [2.24, 2.45) is 5.92 Å². The van der Waals surface area contributed by atoms with E-state index in [1.54, 1.807) is 0 Å². The van der Waals surface area contributed by atoms with Crippen LogP contribution >= 0.6 is 0 Å². The molecule has 0 bridgehead atoms. The molecular weight excluding hydrogens is 312 g/mol. The monoisotopic (exact) mass is 344 g/mol. The Hall–Kier alpha value is -1.92. The molecule has 6 heteroatoms. The van der Waals surface area contributed by atoms with Crippen molar-refractivity contribution in [1.82, 2.24) is 25.4 Å². The molecule has 0 aliphatic carbocycles. The van der Waals surface area contributed by atoms with Gasteiger partial charge in [0.25, 0.3) is 0 Å². The Bertz CT molecular complexity index is 636. The number of aromatic amines is 1. The SMILES string of the molecule is CNCCN(C)Cc1c[nH]nc1-c1ccnc(N(C)CCC(C)C)c1. The third-order valence-electron chi connectivity index (χ3n) is 4.35. The van der Waals surface area contributed by atoms with Crippen molar-refractivity contribution >= 4 is 5.82 Å². The van der Waals surface area contributed by atoms with Crippen LogP contribution in [0.5, 0.6) is 0 Å². The summed E-state index contributed by atoms with van der Waals surface area (Å²) in [6, 6.07) is 4.17. The summed E-state index contributed by atoms with van der Waals surface area (Å²) < 4.78 is 0. The van der Waals surface area contributed by atoms with Crippen LogP contribution in [0.2, 0.25) is 0 Å². The quantitative estimate of drug-likeness (QED) is 0.694. The van der Waals surface area contributed by atoms with Gasteiger partial charge in [0.15, 0.2) is 0 Å².